The number of carbonyl (C=O) groups is 1. The Morgan fingerprint density at radius 1 is 0.917 bits per heavy atom. The second kappa shape index (κ2) is 7.38. The predicted molar refractivity (Wildman–Crippen MR) is 87.2 cm³/mol. The minimum absolute atomic E-state index is 0.157. The highest BCUT2D eigenvalue weighted by Crippen LogP contribution is 2.33. The predicted octanol–water partition coefficient (Wildman–Crippen LogP) is 6.19. The monoisotopic (exact) mass is 398 g/mol. The van der Waals surface area contributed by atoms with Gasteiger partial charge in [0.05, 0.1) is 15.1 Å². The van der Waals surface area contributed by atoms with Crippen LogP contribution in [0.5, 0.6) is 5.75 Å². The molecule has 24 heavy (non-hydrogen) atoms. The third kappa shape index (κ3) is 5.36. The Kier molecular flexibility index (Phi) is 5.69. The minimum Gasteiger partial charge on any atom is -0.406 e. The van der Waals surface area contributed by atoms with E-state index in [2.05, 4.69) is 15.4 Å². The van der Waals surface area contributed by atoms with E-state index < -0.39 is 18.1 Å². The van der Waals surface area contributed by atoms with E-state index in [1.807, 2.05) is 0 Å². The van der Waals surface area contributed by atoms with Gasteiger partial charge in [-0.2, -0.15) is 0 Å². The Hall–Kier alpha value is -1.83. The first-order chi connectivity index (χ1) is 11.1. The number of carbonyl (C=O) groups excluding carboxylic acids is 1. The molecule has 0 spiro atoms. The van der Waals surface area contributed by atoms with E-state index in [1.165, 1.54) is 24.3 Å². The highest BCUT2D eigenvalue weighted by Gasteiger charge is 2.30. The molecule has 2 rings (SSSR count). The van der Waals surface area contributed by atoms with Gasteiger partial charge in [-0.3, -0.25) is 0 Å². The normalized spacial score (nSPS) is 11.1. The van der Waals surface area contributed by atoms with Crippen LogP contribution in [-0.2, 0) is 0 Å². The van der Waals surface area contributed by atoms with Crippen molar-refractivity contribution in [1.82, 2.24) is 0 Å². The average Bonchev–Trinajstić information content (AvgIpc) is 2.45. The van der Waals surface area contributed by atoms with E-state index in [0.717, 1.165) is 12.1 Å². The van der Waals surface area contributed by atoms with Gasteiger partial charge in [0.1, 0.15) is 5.75 Å². The molecule has 2 amide bonds. The van der Waals surface area contributed by atoms with Crippen LogP contribution in [0.1, 0.15) is 0 Å². The Bertz CT molecular complexity index is 729. The van der Waals surface area contributed by atoms with Crippen molar-refractivity contribution in [3.63, 3.8) is 0 Å². The van der Waals surface area contributed by atoms with Crippen molar-refractivity contribution in [2.45, 2.75) is 6.36 Å². The first-order valence-corrected chi connectivity index (χ1v) is 7.36. The largest absolute Gasteiger partial charge is 0.573 e. The molecular weight excluding hydrogens is 392 g/mol. The van der Waals surface area contributed by atoms with Crippen LogP contribution in [-0.4, -0.2) is 12.4 Å². The van der Waals surface area contributed by atoms with E-state index in [9.17, 15) is 18.0 Å². The van der Waals surface area contributed by atoms with E-state index >= 15 is 0 Å². The molecule has 2 aromatic rings. The van der Waals surface area contributed by atoms with Crippen molar-refractivity contribution < 1.29 is 22.7 Å². The third-order valence-corrected chi connectivity index (χ3v) is 3.78. The third-order valence-electron chi connectivity index (χ3n) is 2.59. The number of hydrogen-bond acceptors (Lipinski definition) is 2. The number of anilines is 2. The van der Waals surface area contributed by atoms with Crippen LogP contribution in [0.25, 0.3) is 0 Å². The summed E-state index contributed by atoms with van der Waals surface area (Å²) in [5, 5.41) is 5.37. The zero-order valence-corrected chi connectivity index (χ0v) is 13.8. The maximum Gasteiger partial charge on any atom is 0.573 e. The van der Waals surface area contributed by atoms with Gasteiger partial charge in [-0.15, -0.1) is 13.2 Å². The van der Waals surface area contributed by atoms with Crippen molar-refractivity contribution in [2.75, 3.05) is 10.6 Å². The van der Waals surface area contributed by atoms with Gasteiger partial charge in [0.25, 0.3) is 0 Å². The van der Waals surface area contributed by atoms with Gasteiger partial charge in [-0.25, -0.2) is 4.79 Å². The number of alkyl halides is 3. The molecule has 0 aliphatic heterocycles. The summed E-state index contributed by atoms with van der Waals surface area (Å²) in [5.74, 6) is -0.398. The molecule has 0 heterocycles. The molecule has 0 fully saturated rings. The lowest BCUT2D eigenvalue weighted by molar-refractivity contribution is -0.274. The van der Waals surface area contributed by atoms with Crippen LogP contribution >= 0.6 is 34.8 Å². The zero-order valence-electron chi connectivity index (χ0n) is 11.5. The summed E-state index contributed by atoms with van der Waals surface area (Å²) < 4.78 is 39.9. The Morgan fingerprint density at radius 2 is 1.42 bits per heavy atom. The number of hydrogen-bond donors (Lipinski definition) is 2. The van der Waals surface area contributed by atoms with Gasteiger partial charge in [0.2, 0.25) is 0 Å². The Balaban J connectivity index is 2.00. The average molecular weight is 400 g/mol. The molecule has 0 aromatic heterocycles. The second-order valence-corrected chi connectivity index (χ2v) is 5.60. The Labute approximate surface area is 149 Å². The molecule has 10 heteroatoms. The fourth-order valence-corrected chi connectivity index (χ4v) is 2.26. The number of urea groups is 1. The van der Waals surface area contributed by atoms with Gasteiger partial charge in [-0.05, 0) is 36.4 Å². The van der Waals surface area contributed by atoms with Crippen LogP contribution in [0, 0.1) is 0 Å². The standard InChI is InChI=1S/C14H8Cl3F3N2O2/c15-10-5-8(6-11(16)12(10)17)22-13(23)21-7-1-3-9(4-2-7)24-14(18,19)20/h1-6H,(H2,21,22,23). The molecule has 2 aromatic carbocycles. The lowest BCUT2D eigenvalue weighted by atomic mass is 10.3. The fraction of sp³-hybridized carbons (Fsp3) is 0.0714. The summed E-state index contributed by atoms with van der Waals surface area (Å²) in [6.07, 6.45) is -4.78. The lowest BCUT2D eigenvalue weighted by Gasteiger charge is -2.11. The van der Waals surface area contributed by atoms with Crippen LogP contribution in [0.2, 0.25) is 15.1 Å². The number of amides is 2. The van der Waals surface area contributed by atoms with Crippen LogP contribution < -0.4 is 15.4 Å². The zero-order chi connectivity index (χ0) is 17.9. The molecule has 0 saturated carbocycles. The van der Waals surface area contributed by atoms with Crippen molar-refractivity contribution in [3.05, 3.63) is 51.5 Å². The number of ether oxygens (including phenoxy) is 1. The van der Waals surface area contributed by atoms with Gasteiger partial charge in [0, 0.05) is 11.4 Å². The first kappa shape index (κ1) is 18.5. The molecule has 128 valence electrons. The van der Waals surface area contributed by atoms with Crippen LogP contribution in [0.4, 0.5) is 29.3 Å². The minimum atomic E-state index is -4.78. The lowest BCUT2D eigenvalue weighted by Crippen LogP contribution is -2.19. The second-order valence-electron chi connectivity index (χ2n) is 4.41. The SMILES string of the molecule is O=C(Nc1ccc(OC(F)(F)F)cc1)Nc1cc(Cl)c(Cl)c(Cl)c1. The molecule has 0 atom stereocenters. The molecular formula is C14H8Cl3F3N2O2. The smallest absolute Gasteiger partial charge is 0.406 e. The Morgan fingerprint density at radius 3 is 1.92 bits per heavy atom. The van der Waals surface area contributed by atoms with Crippen LogP contribution in [0.15, 0.2) is 36.4 Å². The molecule has 0 radical (unpaired) electrons. The van der Waals surface area contributed by atoms with E-state index in [-0.39, 0.29) is 20.8 Å². The summed E-state index contributed by atoms with van der Waals surface area (Å²) in [4.78, 5) is 11.9. The highest BCUT2D eigenvalue weighted by atomic mass is 35.5. The van der Waals surface area contributed by atoms with Crippen molar-refractivity contribution in [1.29, 1.82) is 0 Å². The quantitative estimate of drug-likeness (QED) is 0.605. The molecule has 0 saturated heterocycles. The van der Waals surface area contributed by atoms with E-state index in [1.54, 1.807) is 0 Å². The molecule has 0 aliphatic carbocycles. The van der Waals surface area contributed by atoms with E-state index in [0.29, 0.717) is 5.69 Å². The van der Waals surface area contributed by atoms with Gasteiger partial charge in [-0.1, -0.05) is 34.8 Å². The summed E-state index contributed by atoms with van der Waals surface area (Å²) in [7, 11) is 0. The summed E-state index contributed by atoms with van der Waals surface area (Å²) in [6, 6.07) is 6.79. The van der Waals surface area contributed by atoms with Gasteiger partial charge >= 0.3 is 12.4 Å². The topological polar surface area (TPSA) is 50.4 Å². The first-order valence-electron chi connectivity index (χ1n) is 6.22. The number of rotatable bonds is 3. The number of benzene rings is 2. The van der Waals surface area contributed by atoms with Crippen molar-refractivity contribution in [2.24, 2.45) is 0 Å². The van der Waals surface area contributed by atoms with Gasteiger partial charge < -0.3 is 15.4 Å². The summed E-state index contributed by atoms with van der Waals surface area (Å²) in [5.41, 5.74) is 0.553. The highest BCUT2D eigenvalue weighted by molar-refractivity contribution is 6.48. The number of nitrogens with one attached hydrogen (secondary N) is 2. The summed E-state index contributed by atoms with van der Waals surface area (Å²) >= 11 is 17.5. The molecule has 0 bridgehead atoms. The van der Waals surface area contributed by atoms with Crippen molar-refractivity contribution in [3.8, 4) is 5.75 Å². The summed E-state index contributed by atoms with van der Waals surface area (Å²) in [6.45, 7) is 0. The molecule has 4 nitrogen and oxygen atoms in total. The molecule has 0 aliphatic rings. The van der Waals surface area contributed by atoms with Crippen LogP contribution in [0.3, 0.4) is 0 Å². The maximum absolute atomic E-state index is 12.1. The van der Waals surface area contributed by atoms with E-state index in [4.69, 9.17) is 34.8 Å². The molecule has 2 N–H and O–H groups in total. The number of halogens is 6. The molecule has 0 unspecified atom stereocenters. The van der Waals surface area contributed by atoms with Gasteiger partial charge in [0.15, 0.2) is 0 Å². The van der Waals surface area contributed by atoms with Crippen molar-refractivity contribution >= 4 is 52.2 Å². The maximum atomic E-state index is 12.1. The fourth-order valence-electron chi connectivity index (χ4n) is 1.66.